The van der Waals surface area contributed by atoms with Gasteiger partial charge in [0.05, 0.1) is 35.1 Å². The average molecular weight is 479 g/mol. The molecule has 1 amide bonds. The second-order valence-corrected chi connectivity index (χ2v) is 9.17. The van der Waals surface area contributed by atoms with E-state index in [0.717, 1.165) is 32.6 Å². The molecular weight excluding hydrogens is 456 g/mol. The Labute approximate surface area is 206 Å². The second kappa shape index (κ2) is 10.2. The lowest BCUT2D eigenvalue weighted by atomic mass is 10.1. The molecule has 2 aromatic carbocycles. The molecule has 3 aromatic heterocycles. The van der Waals surface area contributed by atoms with Crippen molar-refractivity contribution in [3.05, 3.63) is 113 Å². The molecule has 0 aliphatic carbocycles. The van der Waals surface area contributed by atoms with Crippen molar-refractivity contribution >= 4 is 33.0 Å². The third-order valence-electron chi connectivity index (χ3n) is 5.62. The number of aromatic nitrogens is 3. The summed E-state index contributed by atoms with van der Waals surface area (Å²) in [5, 5.41) is 16.4. The first kappa shape index (κ1) is 22.3. The summed E-state index contributed by atoms with van der Waals surface area (Å²) in [4.78, 5) is 21.7. The Kier molecular flexibility index (Phi) is 6.50. The van der Waals surface area contributed by atoms with Crippen LogP contribution >= 0.6 is 11.3 Å². The minimum atomic E-state index is -0.0868. The Morgan fingerprint density at radius 1 is 1.00 bits per heavy atom. The molecule has 35 heavy (non-hydrogen) atoms. The van der Waals surface area contributed by atoms with Crippen LogP contribution in [0.5, 0.6) is 0 Å². The highest BCUT2D eigenvalue weighted by atomic mass is 32.1. The molecule has 0 atom stereocenters. The van der Waals surface area contributed by atoms with Crippen molar-refractivity contribution in [1.29, 1.82) is 5.26 Å². The molecule has 0 spiro atoms. The third kappa shape index (κ3) is 5.37. The fourth-order valence-corrected chi connectivity index (χ4v) is 4.71. The van der Waals surface area contributed by atoms with E-state index >= 15 is 0 Å². The lowest BCUT2D eigenvalue weighted by Gasteiger charge is -2.10. The first-order chi connectivity index (χ1) is 17.2. The van der Waals surface area contributed by atoms with Crippen molar-refractivity contribution in [2.24, 2.45) is 0 Å². The standard InChI is InChI=1S/C27H22N6OS/c28-12-19-3-5-20(6-4-19)17-33-18-30-15-24(33)16-31-23-7-8-25-22(10-23)11-26(35-25)27(34)32-14-21-2-1-9-29-13-21/h1-11,13,15,18,31H,14,16-17H2,(H,32,34). The molecule has 0 saturated carbocycles. The van der Waals surface area contributed by atoms with Crippen molar-refractivity contribution in [1.82, 2.24) is 19.9 Å². The molecule has 0 unspecified atom stereocenters. The maximum Gasteiger partial charge on any atom is 0.261 e. The fraction of sp³-hybridized carbons (Fsp3) is 0.111. The van der Waals surface area contributed by atoms with Crippen molar-refractivity contribution in [2.75, 3.05) is 5.32 Å². The molecule has 2 N–H and O–H groups in total. The molecule has 0 bridgehead atoms. The quantitative estimate of drug-likeness (QED) is 0.329. The van der Waals surface area contributed by atoms with Crippen LogP contribution in [0.2, 0.25) is 0 Å². The van der Waals surface area contributed by atoms with E-state index in [1.165, 1.54) is 11.3 Å². The van der Waals surface area contributed by atoms with Crippen LogP contribution in [0.4, 0.5) is 5.69 Å². The first-order valence-corrected chi connectivity index (χ1v) is 11.9. The molecule has 5 aromatic rings. The fourth-order valence-electron chi connectivity index (χ4n) is 3.75. The van der Waals surface area contributed by atoms with Gasteiger partial charge in [0.25, 0.3) is 5.91 Å². The van der Waals surface area contributed by atoms with Gasteiger partial charge in [0.2, 0.25) is 0 Å². The second-order valence-electron chi connectivity index (χ2n) is 8.08. The number of imidazole rings is 1. The molecule has 7 nitrogen and oxygen atoms in total. The molecule has 0 saturated heterocycles. The smallest absolute Gasteiger partial charge is 0.261 e. The molecule has 8 heteroatoms. The molecule has 3 heterocycles. The maximum absolute atomic E-state index is 12.6. The highest BCUT2D eigenvalue weighted by Crippen LogP contribution is 2.28. The molecule has 5 rings (SSSR count). The average Bonchev–Trinajstić information content (AvgIpc) is 3.53. The summed E-state index contributed by atoms with van der Waals surface area (Å²) in [5.74, 6) is -0.0868. The van der Waals surface area contributed by atoms with Gasteiger partial charge < -0.3 is 15.2 Å². The lowest BCUT2D eigenvalue weighted by Crippen LogP contribution is -2.21. The third-order valence-corrected chi connectivity index (χ3v) is 6.74. The van der Waals surface area contributed by atoms with Gasteiger partial charge in [-0.1, -0.05) is 18.2 Å². The minimum absolute atomic E-state index is 0.0868. The molecule has 172 valence electrons. The van der Waals surface area contributed by atoms with E-state index in [9.17, 15) is 4.79 Å². The van der Waals surface area contributed by atoms with Crippen LogP contribution < -0.4 is 10.6 Å². The molecule has 0 aliphatic rings. The number of rotatable bonds is 8. The lowest BCUT2D eigenvalue weighted by molar-refractivity contribution is 0.0955. The number of pyridine rings is 1. The number of hydrogen-bond donors (Lipinski definition) is 2. The number of benzene rings is 2. The van der Waals surface area contributed by atoms with Gasteiger partial charge in [0.15, 0.2) is 0 Å². The minimum Gasteiger partial charge on any atom is -0.379 e. The Bertz CT molecular complexity index is 1500. The summed E-state index contributed by atoms with van der Waals surface area (Å²) in [6.07, 6.45) is 7.13. The number of anilines is 1. The van der Waals surface area contributed by atoms with E-state index in [0.29, 0.717) is 30.1 Å². The van der Waals surface area contributed by atoms with Crippen LogP contribution in [0.3, 0.4) is 0 Å². The summed E-state index contributed by atoms with van der Waals surface area (Å²) in [5.41, 5.74) is 4.75. The summed E-state index contributed by atoms with van der Waals surface area (Å²) in [7, 11) is 0. The van der Waals surface area contributed by atoms with Gasteiger partial charge in [-0.05, 0) is 59.0 Å². The van der Waals surface area contributed by atoms with Crippen LogP contribution in [-0.2, 0) is 19.6 Å². The Morgan fingerprint density at radius 3 is 2.69 bits per heavy atom. The maximum atomic E-state index is 12.6. The van der Waals surface area contributed by atoms with Gasteiger partial charge >= 0.3 is 0 Å². The number of nitriles is 1. The van der Waals surface area contributed by atoms with E-state index < -0.39 is 0 Å². The highest BCUT2D eigenvalue weighted by molar-refractivity contribution is 7.20. The number of fused-ring (bicyclic) bond motifs is 1. The molecule has 0 fully saturated rings. The van der Waals surface area contributed by atoms with Crippen molar-refractivity contribution in [3.8, 4) is 6.07 Å². The molecule has 0 radical (unpaired) electrons. The van der Waals surface area contributed by atoms with Crippen LogP contribution in [0.25, 0.3) is 10.1 Å². The monoisotopic (exact) mass is 478 g/mol. The predicted octanol–water partition coefficient (Wildman–Crippen LogP) is 4.95. The van der Waals surface area contributed by atoms with Gasteiger partial charge in [0, 0.05) is 42.1 Å². The molecule has 0 aliphatic heterocycles. The van der Waals surface area contributed by atoms with Crippen molar-refractivity contribution in [2.45, 2.75) is 19.6 Å². The van der Waals surface area contributed by atoms with E-state index in [4.69, 9.17) is 5.26 Å². The summed E-state index contributed by atoms with van der Waals surface area (Å²) >= 11 is 1.48. The van der Waals surface area contributed by atoms with Crippen molar-refractivity contribution in [3.63, 3.8) is 0 Å². The SMILES string of the molecule is N#Cc1ccc(Cn2cncc2CNc2ccc3sc(C(=O)NCc4cccnc4)cc3c2)cc1. The van der Waals surface area contributed by atoms with E-state index in [1.54, 1.807) is 12.4 Å². The van der Waals surface area contributed by atoms with Gasteiger partial charge in [-0.2, -0.15) is 5.26 Å². The van der Waals surface area contributed by atoms with Gasteiger partial charge in [-0.25, -0.2) is 4.98 Å². The number of thiophene rings is 1. The van der Waals surface area contributed by atoms with E-state index in [2.05, 4.69) is 37.3 Å². The zero-order chi connectivity index (χ0) is 24.0. The largest absolute Gasteiger partial charge is 0.379 e. The van der Waals surface area contributed by atoms with Crippen LogP contribution in [-0.4, -0.2) is 20.4 Å². The Hall–Kier alpha value is -4.48. The van der Waals surface area contributed by atoms with E-state index in [-0.39, 0.29) is 5.91 Å². The molecular formula is C27H22N6OS. The van der Waals surface area contributed by atoms with Crippen molar-refractivity contribution < 1.29 is 4.79 Å². The predicted molar refractivity (Wildman–Crippen MR) is 137 cm³/mol. The summed E-state index contributed by atoms with van der Waals surface area (Å²) in [6.45, 7) is 1.75. The number of carbonyl (C=O) groups excluding carboxylic acids is 1. The highest BCUT2D eigenvalue weighted by Gasteiger charge is 2.11. The summed E-state index contributed by atoms with van der Waals surface area (Å²) < 4.78 is 3.15. The van der Waals surface area contributed by atoms with Gasteiger partial charge in [-0.15, -0.1) is 11.3 Å². The Balaban J connectivity index is 1.22. The van der Waals surface area contributed by atoms with Gasteiger partial charge in [0.1, 0.15) is 0 Å². The summed E-state index contributed by atoms with van der Waals surface area (Å²) in [6, 6.07) is 21.6. The van der Waals surface area contributed by atoms with Crippen LogP contribution in [0.15, 0.2) is 85.6 Å². The van der Waals surface area contributed by atoms with E-state index in [1.807, 2.05) is 67.1 Å². The zero-order valence-electron chi connectivity index (χ0n) is 18.8. The van der Waals surface area contributed by atoms with Gasteiger partial charge in [-0.3, -0.25) is 9.78 Å². The topological polar surface area (TPSA) is 95.6 Å². The first-order valence-electron chi connectivity index (χ1n) is 11.1. The number of carbonyl (C=O) groups is 1. The number of nitrogens with zero attached hydrogens (tertiary/aromatic N) is 4. The van der Waals surface area contributed by atoms with Crippen LogP contribution in [0.1, 0.15) is 32.1 Å². The van der Waals surface area contributed by atoms with Crippen LogP contribution in [0, 0.1) is 11.3 Å². The normalized spacial score (nSPS) is 10.7. The number of nitrogens with one attached hydrogen (secondary N) is 2. The Morgan fingerprint density at radius 2 is 1.89 bits per heavy atom. The zero-order valence-corrected chi connectivity index (χ0v) is 19.6. The number of amides is 1. The number of hydrogen-bond acceptors (Lipinski definition) is 6.